The van der Waals surface area contributed by atoms with E-state index in [2.05, 4.69) is 22.5 Å². The molecule has 2 aromatic heterocycles. The Morgan fingerprint density at radius 2 is 2.32 bits per heavy atom. The molecule has 2 aromatic rings. The molecule has 22 heavy (non-hydrogen) atoms. The molecule has 2 bridgehead atoms. The summed E-state index contributed by atoms with van der Waals surface area (Å²) in [6.07, 6.45) is 4.05. The molecule has 3 fully saturated rings. The summed E-state index contributed by atoms with van der Waals surface area (Å²) in [6.45, 7) is 5.20. The molecule has 1 aliphatic carbocycles. The van der Waals surface area contributed by atoms with Crippen LogP contribution in [0, 0.1) is 18.8 Å². The van der Waals surface area contributed by atoms with Gasteiger partial charge in [0, 0.05) is 17.5 Å². The van der Waals surface area contributed by atoms with E-state index in [-0.39, 0.29) is 11.9 Å². The number of carbonyl (C=O) groups excluding carboxylic acids is 1. The van der Waals surface area contributed by atoms with Crippen LogP contribution >= 0.6 is 0 Å². The lowest BCUT2D eigenvalue weighted by Crippen LogP contribution is -2.63. The summed E-state index contributed by atoms with van der Waals surface area (Å²) in [4.78, 5) is 17.0. The van der Waals surface area contributed by atoms with Crippen molar-refractivity contribution in [1.29, 1.82) is 0 Å². The number of fused-ring (bicyclic) bond motifs is 4. The maximum Gasteiger partial charge on any atom is 0.270 e. The second-order valence-corrected chi connectivity index (χ2v) is 6.64. The van der Waals surface area contributed by atoms with E-state index in [1.807, 2.05) is 13.0 Å². The molecule has 4 atom stereocenters. The number of aromatic nitrogens is 1. The second kappa shape index (κ2) is 5.09. The first-order valence-electron chi connectivity index (χ1n) is 8.02. The molecule has 0 spiro atoms. The lowest BCUT2D eigenvalue weighted by atomic mass is 9.70. The molecule has 1 saturated carbocycles. The summed E-state index contributed by atoms with van der Waals surface area (Å²) in [6, 6.07) is 4.26. The fraction of sp³-hybridized carbons (Fsp3) is 0.529. The second-order valence-electron chi connectivity index (χ2n) is 6.64. The van der Waals surface area contributed by atoms with Gasteiger partial charge in [-0.05, 0) is 50.3 Å². The van der Waals surface area contributed by atoms with Gasteiger partial charge in [0.2, 0.25) is 0 Å². The number of pyridine rings is 1. The van der Waals surface area contributed by atoms with Gasteiger partial charge in [-0.2, -0.15) is 0 Å². The average Bonchev–Trinajstić information content (AvgIpc) is 3.00. The van der Waals surface area contributed by atoms with Gasteiger partial charge >= 0.3 is 0 Å². The molecule has 116 valence electrons. The van der Waals surface area contributed by atoms with E-state index in [1.165, 1.54) is 6.42 Å². The number of furan rings is 1. The number of piperidine rings is 2. The Hall–Kier alpha value is -1.88. The Morgan fingerprint density at radius 3 is 3.05 bits per heavy atom. The molecule has 1 amide bonds. The SMILES string of the molecule is Cc1nc(C(=O)N[C@H]2C3CCC(CN3)[C@@H]2C)cc2ccoc12. The number of nitrogens with zero attached hydrogens (tertiary/aromatic N) is 1. The minimum Gasteiger partial charge on any atom is -0.462 e. The summed E-state index contributed by atoms with van der Waals surface area (Å²) < 4.78 is 5.39. The molecule has 2 saturated heterocycles. The van der Waals surface area contributed by atoms with Crippen LogP contribution in [-0.4, -0.2) is 29.5 Å². The third-order valence-corrected chi connectivity index (χ3v) is 5.37. The first kappa shape index (κ1) is 13.8. The number of hydrogen-bond donors (Lipinski definition) is 2. The topological polar surface area (TPSA) is 67.2 Å². The minimum absolute atomic E-state index is 0.0857. The van der Waals surface area contributed by atoms with E-state index < -0.39 is 0 Å². The third-order valence-electron chi connectivity index (χ3n) is 5.37. The van der Waals surface area contributed by atoms with Crippen LogP contribution in [0.2, 0.25) is 0 Å². The molecule has 4 heterocycles. The number of aryl methyl sites for hydroxylation is 1. The van der Waals surface area contributed by atoms with Crippen molar-refractivity contribution in [2.24, 2.45) is 11.8 Å². The van der Waals surface area contributed by atoms with Gasteiger partial charge in [0.1, 0.15) is 5.69 Å². The van der Waals surface area contributed by atoms with E-state index >= 15 is 0 Å². The molecular formula is C17H21N3O2. The lowest BCUT2D eigenvalue weighted by Gasteiger charge is -2.48. The van der Waals surface area contributed by atoms with Crippen molar-refractivity contribution in [1.82, 2.24) is 15.6 Å². The molecular weight excluding hydrogens is 278 g/mol. The number of amides is 1. The Balaban J connectivity index is 1.58. The van der Waals surface area contributed by atoms with Gasteiger partial charge < -0.3 is 15.1 Å². The van der Waals surface area contributed by atoms with Crippen LogP contribution in [-0.2, 0) is 0 Å². The zero-order chi connectivity index (χ0) is 15.3. The molecule has 5 rings (SSSR count). The van der Waals surface area contributed by atoms with Crippen LogP contribution in [0.25, 0.3) is 11.0 Å². The highest BCUT2D eigenvalue weighted by molar-refractivity contribution is 5.96. The molecule has 0 aromatic carbocycles. The zero-order valence-corrected chi connectivity index (χ0v) is 12.9. The normalized spacial score (nSPS) is 30.6. The summed E-state index contributed by atoms with van der Waals surface area (Å²) in [5.41, 5.74) is 1.98. The van der Waals surface area contributed by atoms with Gasteiger partial charge in [-0.3, -0.25) is 4.79 Å². The zero-order valence-electron chi connectivity index (χ0n) is 12.9. The summed E-state index contributed by atoms with van der Waals surface area (Å²) in [7, 11) is 0. The van der Waals surface area contributed by atoms with Crippen molar-refractivity contribution in [2.45, 2.75) is 38.8 Å². The third kappa shape index (κ3) is 2.11. The van der Waals surface area contributed by atoms with Crippen molar-refractivity contribution in [3.63, 3.8) is 0 Å². The maximum atomic E-state index is 12.6. The van der Waals surface area contributed by atoms with E-state index in [0.717, 1.165) is 29.6 Å². The van der Waals surface area contributed by atoms with Crippen LogP contribution in [0.15, 0.2) is 22.8 Å². The maximum absolute atomic E-state index is 12.6. The summed E-state index contributed by atoms with van der Waals surface area (Å²) in [5, 5.41) is 7.67. The molecule has 5 nitrogen and oxygen atoms in total. The summed E-state index contributed by atoms with van der Waals surface area (Å²) in [5.74, 6) is 1.10. The first-order chi connectivity index (χ1) is 10.6. The number of rotatable bonds is 2. The van der Waals surface area contributed by atoms with E-state index in [0.29, 0.717) is 23.6 Å². The van der Waals surface area contributed by atoms with Gasteiger partial charge in [0.25, 0.3) is 5.91 Å². The van der Waals surface area contributed by atoms with Gasteiger partial charge in [0.15, 0.2) is 5.58 Å². The standard InChI is InChI=1S/C17H21N3O2/c1-9-12-3-4-13(18-8-12)15(9)20-17(21)14-7-11-5-6-22-16(11)10(2)19-14/h5-7,9,12-13,15,18H,3-4,8H2,1-2H3,(H,20,21)/t9-,12?,13?,15+/m0/s1. The van der Waals surface area contributed by atoms with Crippen molar-refractivity contribution >= 4 is 16.9 Å². The minimum atomic E-state index is -0.0857. The Labute approximate surface area is 129 Å². The summed E-state index contributed by atoms with van der Waals surface area (Å²) >= 11 is 0. The molecule has 2 N–H and O–H groups in total. The molecule has 3 aliphatic rings. The van der Waals surface area contributed by atoms with Crippen molar-refractivity contribution in [2.75, 3.05) is 6.54 Å². The van der Waals surface area contributed by atoms with Crippen molar-refractivity contribution < 1.29 is 9.21 Å². The Morgan fingerprint density at radius 1 is 1.45 bits per heavy atom. The van der Waals surface area contributed by atoms with Gasteiger partial charge in [-0.15, -0.1) is 0 Å². The van der Waals surface area contributed by atoms with E-state index in [4.69, 9.17) is 4.42 Å². The first-order valence-corrected chi connectivity index (χ1v) is 8.02. The average molecular weight is 299 g/mol. The van der Waals surface area contributed by atoms with Crippen LogP contribution in [0.1, 0.15) is 35.9 Å². The van der Waals surface area contributed by atoms with E-state index in [1.54, 1.807) is 12.3 Å². The lowest BCUT2D eigenvalue weighted by molar-refractivity contribution is 0.0712. The predicted octanol–water partition coefficient (Wildman–Crippen LogP) is 2.25. The number of hydrogen-bond acceptors (Lipinski definition) is 4. The van der Waals surface area contributed by atoms with Gasteiger partial charge in [0.05, 0.1) is 12.0 Å². The van der Waals surface area contributed by atoms with Crippen LogP contribution in [0.5, 0.6) is 0 Å². The predicted molar refractivity (Wildman–Crippen MR) is 83.7 cm³/mol. The van der Waals surface area contributed by atoms with E-state index in [9.17, 15) is 4.79 Å². The monoisotopic (exact) mass is 299 g/mol. The van der Waals surface area contributed by atoms with Gasteiger partial charge in [-0.1, -0.05) is 6.92 Å². The number of nitrogens with one attached hydrogen (secondary N) is 2. The highest BCUT2D eigenvalue weighted by atomic mass is 16.3. The molecule has 5 heteroatoms. The molecule has 2 aliphatic heterocycles. The fourth-order valence-electron chi connectivity index (χ4n) is 4.03. The fourth-order valence-corrected chi connectivity index (χ4v) is 4.03. The molecule has 2 unspecified atom stereocenters. The highest BCUT2D eigenvalue weighted by Crippen LogP contribution is 2.34. The van der Waals surface area contributed by atoms with Crippen LogP contribution in [0.4, 0.5) is 0 Å². The smallest absolute Gasteiger partial charge is 0.270 e. The Bertz CT molecular complexity index is 714. The van der Waals surface area contributed by atoms with Crippen LogP contribution in [0.3, 0.4) is 0 Å². The molecule has 0 radical (unpaired) electrons. The van der Waals surface area contributed by atoms with Gasteiger partial charge in [-0.25, -0.2) is 4.98 Å². The van der Waals surface area contributed by atoms with Crippen molar-refractivity contribution in [3.8, 4) is 0 Å². The number of carbonyl (C=O) groups is 1. The van der Waals surface area contributed by atoms with Crippen molar-refractivity contribution in [3.05, 3.63) is 29.8 Å². The Kier molecular flexibility index (Phi) is 3.18. The largest absolute Gasteiger partial charge is 0.462 e. The van der Waals surface area contributed by atoms with Crippen LogP contribution < -0.4 is 10.6 Å². The quantitative estimate of drug-likeness (QED) is 0.892. The highest BCUT2D eigenvalue weighted by Gasteiger charge is 2.41.